The number of fused-ring (bicyclic) bond motifs is 1. The molecule has 1 aliphatic heterocycles. The SMILES string of the molecule is CCC(=O)N1CCc2ccccc2C1C1CCCCC1. The second-order valence-corrected chi connectivity index (χ2v) is 6.23. The van der Waals surface area contributed by atoms with E-state index in [1.54, 1.807) is 0 Å². The molecule has 2 nitrogen and oxygen atoms in total. The van der Waals surface area contributed by atoms with Crippen LogP contribution in [-0.2, 0) is 11.2 Å². The second kappa shape index (κ2) is 5.99. The number of rotatable bonds is 2. The van der Waals surface area contributed by atoms with E-state index in [0.717, 1.165) is 13.0 Å². The van der Waals surface area contributed by atoms with Crippen LogP contribution in [0.2, 0.25) is 0 Å². The molecule has 1 aliphatic carbocycles. The van der Waals surface area contributed by atoms with Gasteiger partial charge in [-0.15, -0.1) is 0 Å². The van der Waals surface area contributed by atoms with Gasteiger partial charge in [0.25, 0.3) is 0 Å². The van der Waals surface area contributed by atoms with E-state index in [-0.39, 0.29) is 0 Å². The van der Waals surface area contributed by atoms with Gasteiger partial charge >= 0.3 is 0 Å². The highest BCUT2D eigenvalue weighted by Gasteiger charge is 2.35. The van der Waals surface area contributed by atoms with Crippen LogP contribution in [0.5, 0.6) is 0 Å². The molecule has 1 saturated carbocycles. The van der Waals surface area contributed by atoms with Crippen LogP contribution in [0.3, 0.4) is 0 Å². The highest BCUT2D eigenvalue weighted by Crippen LogP contribution is 2.42. The first-order chi connectivity index (χ1) is 9.81. The Morgan fingerprint density at radius 3 is 2.70 bits per heavy atom. The van der Waals surface area contributed by atoms with Crippen LogP contribution >= 0.6 is 0 Å². The Labute approximate surface area is 122 Å². The Bertz CT molecular complexity index is 476. The van der Waals surface area contributed by atoms with Crippen LogP contribution in [0.25, 0.3) is 0 Å². The van der Waals surface area contributed by atoms with Crippen molar-refractivity contribution < 1.29 is 4.79 Å². The lowest BCUT2D eigenvalue weighted by molar-refractivity contribution is -0.135. The minimum absolute atomic E-state index is 0.329. The van der Waals surface area contributed by atoms with Gasteiger partial charge in [-0.1, -0.05) is 50.5 Å². The summed E-state index contributed by atoms with van der Waals surface area (Å²) in [6, 6.07) is 9.11. The Kier molecular flexibility index (Phi) is 4.09. The fraction of sp³-hybridized carbons (Fsp3) is 0.611. The summed E-state index contributed by atoms with van der Waals surface area (Å²) in [7, 11) is 0. The predicted molar refractivity (Wildman–Crippen MR) is 81.5 cm³/mol. The molecule has 1 heterocycles. The molecule has 1 aromatic carbocycles. The molecule has 3 rings (SSSR count). The van der Waals surface area contributed by atoms with Crippen molar-refractivity contribution in [2.24, 2.45) is 5.92 Å². The van der Waals surface area contributed by atoms with Crippen molar-refractivity contribution in [3.05, 3.63) is 35.4 Å². The van der Waals surface area contributed by atoms with E-state index < -0.39 is 0 Å². The van der Waals surface area contributed by atoms with Gasteiger partial charge in [-0.25, -0.2) is 0 Å². The van der Waals surface area contributed by atoms with Crippen molar-refractivity contribution in [2.75, 3.05) is 6.54 Å². The summed E-state index contributed by atoms with van der Waals surface area (Å²) < 4.78 is 0. The molecule has 1 amide bonds. The van der Waals surface area contributed by atoms with Crippen molar-refractivity contribution in [1.29, 1.82) is 0 Å². The van der Waals surface area contributed by atoms with Gasteiger partial charge in [0.1, 0.15) is 0 Å². The lowest BCUT2D eigenvalue weighted by atomic mass is 9.77. The molecular weight excluding hydrogens is 246 g/mol. The van der Waals surface area contributed by atoms with Gasteiger partial charge in [-0.3, -0.25) is 4.79 Å². The van der Waals surface area contributed by atoms with Crippen molar-refractivity contribution in [2.45, 2.75) is 57.9 Å². The number of amides is 1. The summed E-state index contributed by atoms with van der Waals surface area (Å²) in [5, 5.41) is 0. The smallest absolute Gasteiger partial charge is 0.222 e. The lowest BCUT2D eigenvalue weighted by Gasteiger charge is -2.43. The van der Waals surface area contributed by atoms with Gasteiger partial charge in [-0.05, 0) is 36.3 Å². The van der Waals surface area contributed by atoms with E-state index in [2.05, 4.69) is 29.2 Å². The molecule has 0 radical (unpaired) electrons. The third-order valence-corrected chi connectivity index (χ3v) is 5.05. The van der Waals surface area contributed by atoms with E-state index in [4.69, 9.17) is 0 Å². The van der Waals surface area contributed by atoms with Crippen molar-refractivity contribution in [1.82, 2.24) is 4.90 Å². The Morgan fingerprint density at radius 2 is 1.95 bits per heavy atom. The van der Waals surface area contributed by atoms with Gasteiger partial charge in [0, 0.05) is 13.0 Å². The zero-order valence-corrected chi connectivity index (χ0v) is 12.5. The number of hydrogen-bond acceptors (Lipinski definition) is 1. The molecule has 2 heteroatoms. The zero-order chi connectivity index (χ0) is 13.9. The summed E-state index contributed by atoms with van der Waals surface area (Å²) in [5.74, 6) is 0.996. The summed E-state index contributed by atoms with van der Waals surface area (Å²) in [6.07, 6.45) is 8.25. The quantitative estimate of drug-likeness (QED) is 0.793. The van der Waals surface area contributed by atoms with E-state index in [9.17, 15) is 4.79 Å². The number of hydrogen-bond donors (Lipinski definition) is 0. The first-order valence-corrected chi connectivity index (χ1v) is 8.18. The molecule has 108 valence electrons. The maximum absolute atomic E-state index is 12.4. The minimum Gasteiger partial charge on any atom is -0.335 e. The maximum Gasteiger partial charge on any atom is 0.222 e. The topological polar surface area (TPSA) is 20.3 Å². The van der Waals surface area contributed by atoms with Gasteiger partial charge in [-0.2, -0.15) is 0 Å². The van der Waals surface area contributed by atoms with Gasteiger partial charge in [0.15, 0.2) is 0 Å². The average molecular weight is 271 g/mol. The summed E-state index contributed by atoms with van der Waals surface area (Å²) in [6.45, 7) is 2.89. The average Bonchev–Trinajstić information content (AvgIpc) is 2.53. The summed E-state index contributed by atoms with van der Waals surface area (Å²) in [4.78, 5) is 14.5. The zero-order valence-electron chi connectivity index (χ0n) is 12.5. The van der Waals surface area contributed by atoms with Crippen molar-refractivity contribution >= 4 is 5.91 Å². The molecule has 0 aromatic heterocycles. The molecule has 1 fully saturated rings. The summed E-state index contributed by atoms with van der Waals surface area (Å²) in [5.41, 5.74) is 2.88. The highest BCUT2D eigenvalue weighted by atomic mass is 16.2. The largest absolute Gasteiger partial charge is 0.335 e. The molecule has 2 aliphatic rings. The molecule has 1 atom stereocenters. The monoisotopic (exact) mass is 271 g/mol. The number of carbonyl (C=O) groups is 1. The third-order valence-electron chi connectivity index (χ3n) is 5.05. The third kappa shape index (κ3) is 2.48. The standard InChI is InChI=1S/C18H25NO/c1-2-17(20)19-13-12-14-8-6-7-11-16(14)18(19)15-9-4-3-5-10-15/h6-8,11,15,18H,2-5,9-10,12-13H2,1H3. The fourth-order valence-corrected chi connectivity index (χ4v) is 4.04. The molecule has 0 spiro atoms. The molecule has 0 bridgehead atoms. The predicted octanol–water partition coefficient (Wildman–Crippen LogP) is 4.10. The maximum atomic E-state index is 12.4. The molecule has 0 saturated heterocycles. The van der Waals surface area contributed by atoms with Crippen molar-refractivity contribution in [3.63, 3.8) is 0 Å². The Morgan fingerprint density at radius 1 is 1.20 bits per heavy atom. The van der Waals surface area contributed by atoms with Crippen LogP contribution in [0.1, 0.15) is 62.6 Å². The first-order valence-electron chi connectivity index (χ1n) is 8.18. The van der Waals surface area contributed by atoms with Gasteiger partial charge in [0.2, 0.25) is 5.91 Å². The van der Waals surface area contributed by atoms with E-state index in [0.29, 0.717) is 24.3 Å². The molecule has 1 aromatic rings. The molecule has 20 heavy (non-hydrogen) atoms. The molecular formula is C18H25NO. The van der Waals surface area contributed by atoms with Crippen molar-refractivity contribution in [3.8, 4) is 0 Å². The highest BCUT2D eigenvalue weighted by molar-refractivity contribution is 5.77. The minimum atomic E-state index is 0.329. The Hall–Kier alpha value is -1.31. The Balaban J connectivity index is 1.95. The van der Waals surface area contributed by atoms with E-state index in [1.165, 1.54) is 43.2 Å². The second-order valence-electron chi connectivity index (χ2n) is 6.23. The van der Waals surface area contributed by atoms with E-state index >= 15 is 0 Å². The molecule has 1 unspecified atom stereocenters. The van der Waals surface area contributed by atoms with Crippen LogP contribution in [-0.4, -0.2) is 17.4 Å². The van der Waals surface area contributed by atoms with Crippen LogP contribution in [0.4, 0.5) is 0 Å². The van der Waals surface area contributed by atoms with Crippen LogP contribution in [0, 0.1) is 5.92 Å². The first kappa shape index (κ1) is 13.7. The molecule has 0 N–H and O–H groups in total. The number of carbonyl (C=O) groups excluding carboxylic acids is 1. The fourth-order valence-electron chi connectivity index (χ4n) is 4.04. The summed E-state index contributed by atoms with van der Waals surface area (Å²) >= 11 is 0. The van der Waals surface area contributed by atoms with Crippen LogP contribution < -0.4 is 0 Å². The van der Waals surface area contributed by atoms with Gasteiger partial charge < -0.3 is 4.90 Å². The number of benzene rings is 1. The lowest BCUT2D eigenvalue weighted by Crippen LogP contribution is -2.43. The van der Waals surface area contributed by atoms with Gasteiger partial charge in [0.05, 0.1) is 6.04 Å². The normalized spacial score (nSPS) is 23.4. The van der Waals surface area contributed by atoms with Crippen LogP contribution in [0.15, 0.2) is 24.3 Å². The van der Waals surface area contributed by atoms with E-state index in [1.807, 2.05) is 6.92 Å². The number of nitrogens with zero attached hydrogens (tertiary/aromatic N) is 1.